The van der Waals surface area contributed by atoms with E-state index in [9.17, 15) is 0 Å². The first-order valence-corrected chi connectivity index (χ1v) is 4.79. The van der Waals surface area contributed by atoms with Crippen LogP contribution in [0, 0.1) is 0 Å². The summed E-state index contributed by atoms with van der Waals surface area (Å²) in [5.74, 6) is 1.33. The Balaban J connectivity index is 2.47. The Kier molecular flexibility index (Phi) is 2.35. The average Bonchev–Trinajstić information content (AvgIpc) is 2.67. The SMILES string of the molecule is CC(C)c1cnoc1-c1ccccc1. The molecule has 0 saturated carbocycles. The molecule has 2 nitrogen and oxygen atoms in total. The Bertz CT molecular complexity index is 403. The van der Waals surface area contributed by atoms with Crippen LogP contribution in [-0.2, 0) is 0 Å². The third kappa shape index (κ3) is 1.55. The van der Waals surface area contributed by atoms with Crippen LogP contribution in [0.3, 0.4) is 0 Å². The number of rotatable bonds is 2. The van der Waals surface area contributed by atoms with E-state index in [1.165, 1.54) is 0 Å². The summed E-state index contributed by atoms with van der Waals surface area (Å²) in [7, 11) is 0. The van der Waals surface area contributed by atoms with Gasteiger partial charge in [-0.05, 0) is 5.92 Å². The molecule has 0 aliphatic heterocycles. The molecule has 0 aliphatic carbocycles. The molecule has 0 atom stereocenters. The second-order valence-electron chi connectivity index (χ2n) is 3.63. The number of aromatic nitrogens is 1. The zero-order chi connectivity index (χ0) is 9.97. The molecule has 1 heterocycles. The van der Waals surface area contributed by atoms with Gasteiger partial charge in [0.25, 0.3) is 0 Å². The molecule has 2 rings (SSSR count). The molecule has 0 N–H and O–H groups in total. The molecule has 0 saturated heterocycles. The van der Waals surface area contributed by atoms with Gasteiger partial charge in [0.05, 0.1) is 6.20 Å². The summed E-state index contributed by atoms with van der Waals surface area (Å²) < 4.78 is 5.26. The van der Waals surface area contributed by atoms with E-state index in [1.54, 1.807) is 6.20 Å². The highest BCUT2D eigenvalue weighted by Gasteiger charge is 2.12. The Morgan fingerprint density at radius 3 is 2.50 bits per heavy atom. The molecule has 0 unspecified atom stereocenters. The van der Waals surface area contributed by atoms with Gasteiger partial charge in [-0.15, -0.1) is 0 Å². The monoisotopic (exact) mass is 187 g/mol. The molecule has 72 valence electrons. The summed E-state index contributed by atoms with van der Waals surface area (Å²) >= 11 is 0. The Morgan fingerprint density at radius 1 is 1.14 bits per heavy atom. The maximum atomic E-state index is 5.26. The van der Waals surface area contributed by atoms with Gasteiger partial charge in [-0.1, -0.05) is 49.3 Å². The van der Waals surface area contributed by atoms with E-state index >= 15 is 0 Å². The van der Waals surface area contributed by atoms with Crippen molar-refractivity contribution in [2.75, 3.05) is 0 Å². The summed E-state index contributed by atoms with van der Waals surface area (Å²) in [5, 5.41) is 3.84. The summed E-state index contributed by atoms with van der Waals surface area (Å²) in [6.07, 6.45) is 1.80. The Labute approximate surface area is 83.5 Å². The zero-order valence-corrected chi connectivity index (χ0v) is 8.40. The summed E-state index contributed by atoms with van der Waals surface area (Å²) in [5.41, 5.74) is 2.25. The summed E-state index contributed by atoms with van der Waals surface area (Å²) in [6, 6.07) is 10.1. The topological polar surface area (TPSA) is 26.0 Å². The van der Waals surface area contributed by atoms with Crippen LogP contribution in [0.25, 0.3) is 11.3 Å². The van der Waals surface area contributed by atoms with Crippen LogP contribution in [0.1, 0.15) is 25.3 Å². The van der Waals surface area contributed by atoms with Gasteiger partial charge >= 0.3 is 0 Å². The lowest BCUT2D eigenvalue weighted by atomic mass is 10.0. The smallest absolute Gasteiger partial charge is 0.170 e. The molecule has 1 aromatic heterocycles. The van der Waals surface area contributed by atoms with Crippen LogP contribution in [0.2, 0.25) is 0 Å². The predicted octanol–water partition coefficient (Wildman–Crippen LogP) is 3.47. The van der Waals surface area contributed by atoms with Crippen molar-refractivity contribution in [3.63, 3.8) is 0 Å². The minimum absolute atomic E-state index is 0.441. The van der Waals surface area contributed by atoms with Crippen molar-refractivity contribution in [2.24, 2.45) is 0 Å². The van der Waals surface area contributed by atoms with E-state index < -0.39 is 0 Å². The highest BCUT2D eigenvalue weighted by Crippen LogP contribution is 2.28. The highest BCUT2D eigenvalue weighted by molar-refractivity contribution is 5.61. The van der Waals surface area contributed by atoms with Crippen molar-refractivity contribution < 1.29 is 4.52 Å². The minimum atomic E-state index is 0.441. The first kappa shape index (κ1) is 9.00. The maximum absolute atomic E-state index is 5.26. The highest BCUT2D eigenvalue weighted by atomic mass is 16.5. The molecule has 0 radical (unpaired) electrons. The van der Waals surface area contributed by atoms with Crippen molar-refractivity contribution in [3.8, 4) is 11.3 Å². The average molecular weight is 187 g/mol. The van der Waals surface area contributed by atoms with Crippen molar-refractivity contribution in [1.29, 1.82) is 0 Å². The van der Waals surface area contributed by atoms with Gasteiger partial charge in [-0.2, -0.15) is 0 Å². The third-order valence-corrected chi connectivity index (χ3v) is 2.26. The second kappa shape index (κ2) is 3.66. The van der Waals surface area contributed by atoms with Crippen LogP contribution >= 0.6 is 0 Å². The Morgan fingerprint density at radius 2 is 1.86 bits per heavy atom. The van der Waals surface area contributed by atoms with E-state index in [0.717, 1.165) is 16.9 Å². The van der Waals surface area contributed by atoms with Crippen LogP contribution in [0.4, 0.5) is 0 Å². The molecule has 0 bridgehead atoms. The molecular formula is C12H13NO. The fourth-order valence-corrected chi connectivity index (χ4v) is 1.47. The maximum Gasteiger partial charge on any atom is 0.170 e. The molecule has 0 aliphatic rings. The lowest BCUT2D eigenvalue weighted by Gasteiger charge is -2.03. The second-order valence-corrected chi connectivity index (χ2v) is 3.63. The number of benzene rings is 1. The van der Waals surface area contributed by atoms with Gasteiger partial charge in [-0.25, -0.2) is 0 Å². The molecule has 2 aromatic rings. The van der Waals surface area contributed by atoms with Gasteiger partial charge < -0.3 is 4.52 Å². The molecule has 1 aromatic carbocycles. The van der Waals surface area contributed by atoms with Gasteiger partial charge in [0.2, 0.25) is 0 Å². The van der Waals surface area contributed by atoms with E-state index in [0.29, 0.717) is 5.92 Å². The zero-order valence-electron chi connectivity index (χ0n) is 8.40. The van der Waals surface area contributed by atoms with Crippen molar-refractivity contribution in [3.05, 3.63) is 42.1 Å². The fourth-order valence-electron chi connectivity index (χ4n) is 1.47. The van der Waals surface area contributed by atoms with Crippen LogP contribution < -0.4 is 0 Å². The lowest BCUT2D eigenvalue weighted by molar-refractivity contribution is 0.431. The molecule has 0 spiro atoms. The van der Waals surface area contributed by atoms with Gasteiger partial charge in [0.15, 0.2) is 5.76 Å². The van der Waals surface area contributed by atoms with Crippen LogP contribution in [0.15, 0.2) is 41.1 Å². The van der Waals surface area contributed by atoms with Crippen molar-refractivity contribution in [1.82, 2.24) is 5.16 Å². The number of nitrogens with zero attached hydrogens (tertiary/aromatic N) is 1. The predicted molar refractivity (Wildman–Crippen MR) is 56.0 cm³/mol. The van der Waals surface area contributed by atoms with Crippen LogP contribution in [-0.4, -0.2) is 5.16 Å². The van der Waals surface area contributed by atoms with Crippen LogP contribution in [0.5, 0.6) is 0 Å². The van der Waals surface area contributed by atoms with E-state index in [1.807, 2.05) is 30.3 Å². The standard InChI is InChI=1S/C12H13NO/c1-9(2)11-8-13-14-12(11)10-6-4-3-5-7-10/h3-9H,1-2H3. The van der Waals surface area contributed by atoms with E-state index in [2.05, 4.69) is 19.0 Å². The van der Waals surface area contributed by atoms with Gasteiger partial charge in [0, 0.05) is 11.1 Å². The van der Waals surface area contributed by atoms with E-state index in [4.69, 9.17) is 4.52 Å². The number of hydrogen-bond donors (Lipinski definition) is 0. The van der Waals surface area contributed by atoms with E-state index in [-0.39, 0.29) is 0 Å². The third-order valence-electron chi connectivity index (χ3n) is 2.26. The minimum Gasteiger partial charge on any atom is -0.356 e. The van der Waals surface area contributed by atoms with Gasteiger partial charge in [-0.3, -0.25) is 0 Å². The molecule has 2 heteroatoms. The molecule has 0 fully saturated rings. The largest absolute Gasteiger partial charge is 0.356 e. The lowest BCUT2D eigenvalue weighted by Crippen LogP contribution is -1.86. The van der Waals surface area contributed by atoms with Crippen molar-refractivity contribution >= 4 is 0 Å². The number of hydrogen-bond acceptors (Lipinski definition) is 2. The first-order valence-electron chi connectivity index (χ1n) is 4.79. The normalized spacial score (nSPS) is 10.8. The molecule has 0 amide bonds. The quantitative estimate of drug-likeness (QED) is 0.719. The van der Waals surface area contributed by atoms with Gasteiger partial charge in [0.1, 0.15) is 0 Å². The molecular weight excluding hydrogens is 174 g/mol. The summed E-state index contributed by atoms with van der Waals surface area (Å²) in [6.45, 7) is 4.28. The summed E-state index contributed by atoms with van der Waals surface area (Å²) in [4.78, 5) is 0. The van der Waals surface area contributed by atoms with Crippen molar-refractivity contribution in [2.45, 2.75) is 19.8 Å². The molecule has 14 heavy (non-hydrogen) atoms. The Hall–Kier alpha value is -1.57. The fraction of sp³-hybridized carbons (Fsp3) is 0.250. The first-order chi connectivity index (χ1) is 6.79.